The van der Waals surface area contributed by atoms with E-state index in [0.29, 0.717) is 0 Å². The molecule has 0 radical (unpaired) electrons. The highest BCUT2D eigenvalue weighted by molar-refractivity contribution is 5.95. The van der Waals surface area contributed by atoms with Gasteiger partial charge in [-0.15, -0.1) is 0 Å². The van der Waals surface area contributed by atoms with Crippen molar-refractivity contribution in [3.8, 4) is 0 Å². The molecule has 0 amide bonds. The van der Waals surface area contributed by atoms with Crippen LogP contribution in [0.5, 0.6) is 0 Å². The van der Waals surface area contributed by atoms with Crippen LogP contribution in [0.25, 0.3) is 35.1 Å². The molecule has 21 heavy (non-hydrogen) atoms. The van der Waals surface area contributed by atoms with Gasteiger partial charge in [0.1, 0.15) is 0 Å². The summed E-state index contributed by atoms with van der Waals surface area (Å²) in [7, 11) is 0. The summed E-state index contributed by atoms with van der Waals surface area (Å²) in [5.74, 6) is 0. The highest BCUT2D eigenvalue weighted by Gasteiger charge is 2.07. The molecule has 0 saturated heterocycles. The van der Waals surface area contributed by atoms with Crippen LogP contribution in [0.3, 0.4) is 0 Å². The van der Waals surface area contributed by atoms with Gasteiger partial charge >= 0.3 is 0 Å². The molecule has 0 saturated carbocycles. The van der Waals surface area contributed by atoms with Crippen LogP contribution in [-0.2, 0) is 0 Å². The van der Waals surface area contributed by atoms with Crippen molar-refractivity contribution < 1.29 is 0 Å². The van der Waals surface area contributed by atoms with Crippen LogP contribution in [0.2, 0.25) is 0 Å². The fraction of sp³-hybridized carbons (Fsp3) is 0.143. The molecule has 0 fully saturated rings. The lowest BCUT2D eigenvalue weighted by molar-refractivity contribution is 1.50. The summed E-state index contributed by atoms with van der Waals surface area (Å²) in [5.41, 5.74) is 2.52. The van der Waals surface area contributed by atoms with Gasteiger partial charge in [0.05, 0.1) is 0 Å². The Morgan fingerprint density at radius 2 is 1.43 bits per heavy atom. The van der Waals surface area contributed by atoms with Crippen molar-refractivity contribution in [2.75, 3.05) is 0 Å². The fourth-order valence-electron chi connectivity index (χ4n) is 2.83. The molecule has 0 aliphatic carbocycles. The maximum absolute atomic E-state index is 3.88. The molecule has 2 rings (SSSR count). The Labute approximate surface area is 127 Å². The second-order valence-corrected chi connectivity index (χ2v) is 4.89. The molecule has 0 heterocycles. The molecule has 0 aliphatic rings. The van der Waals surface area contributed by atoms with Gasteiger partial charge in [-0.2, -0.15) is 0 Å². The van der Waals surface area contributed by atoms with E-state index in [2.05, 4.69) is 88.1 Å². The molecule has 0 heteroatoms. The minimum atomic E-state index is 1.23. The van der Waals surface area contributed by atoms with Crippen LogP contribution in [-0.4, -0.2) is 0 Å². The summed E-state index contributed by atoms with van der Waals surface area (Å²) in [6.07, 6.45) is 14.7. The van der Waals surface area contributed by atoms with E-state index in [1.54, 1.807) is 0 Å². The minimum Gasteiger partial charge on any atom is -0.0990 e. The van der Waals surface area contributed by atoms with Crippen molar-refractivity contribution in [2.24, 2.45) is 0 Å². The third kappa shape index (κ3) is 2.75. The topological polar surface area (TPSA) is 0 Å². The summed E-state index contributed by atoms with van der Waals surface area (Å²) in [4.78, 5) is 0. The highest BCUT2D eigenvalue weighted by Crippen LogP contribution is 2.20. The number of rotatable bonds is 3. The maximum atomic E-state index is 3.88. The van der Waals surface area contributed by atoms with Crippen molar-refractivity contribution in [2.45, 2.75) is 20.8 Å². The molecular weight excluding hydrogens is 252 g/mol. The van der Waals surface area contributed by atoms with E-state index in [1.165, 1.54) is 32.3 Å². The lowest BCUT2D eigenvalue weighted by Gasteiger charge is -2.10. The third-order valence-electron chi connectivity index (χ3n) is 3.62. The van der Waals surface area contributed by atoms with Crippen molar-refractivity contribution >= 4 is 35.1 Å². The van der Waals surface area contributed by atoms with Gasteiger partial charge in [-0.1, -0.05) is 73.4 Å². The van der Waals surface area contributed by atoms with Crippen LogP contribution in [0, 0.1) is 0 Å². The predicted octanol–water partition coefficient (Wildman–Crippen LogP) is 4.67. The molecule has 0 atom stereocenters. The van der Waals surface area contributed by atoms with Gasteiger partial charge in [0, 0.05) is 0 Å². The Morgan fingerprint density at radius 3 is 2.00 bits per heavy atom. The lowest BCUT2D eigenvalue weighted by atomic mass is 9.93. The van der Waals surface area contributed by atoms with E-state index in [9.17, 15) is 0 Å². The van der Waals surface area contributed by atoms with Crippen LogP contribution in [0.4, 0.5) is 0 Å². The first kappa shape index (κ1) is 15.1. The first-order valence-electron chi connectivity index (χ1n) is 7.37. The Morgan fingerprint density at radius 1 is 0.810 bits per heavy atom. The van der Waals surface area contributed by atoms with Gasteiger partial charge in [0.25, 0.3) is 0 Å². The third-order valence-corrected chi connectivity index (χ3v) is 3.62. The van der Waals surface area contributed by atoms with Gasteiger partial charge in [0.15, 0.2) is 0 Å². The molecule has 0 spiro atoms. The molecule has 2 aromatic rings. The van der Waals surface area contributed by atoms with Gasteiger partial charge < -0.3 is 0 Å². The first-order chi connectivity index (χ1) is 10.3. The van der Waals surface area contributed by atoms with Crippen molar-refractivity contribution in [1.82, 2.24) is 0 Å². The van der Waals surface area contributed by atoms with Gasteiger partial charge in [0.2, 0.25) is 0 Å². The number of fused-ring (bicyclic) bond motifs is 1. The molecule has 0 nitrogen and oxygen atoms in total. The SMILES string of the molecule is C=C/C=c1/c(/C=C\C)c(/C=C\C)c2ccccc2/c1=C/C. The van der Waals surface area contributed by atoms with Crippen LogP contribution >= 0.6 is 0 Å². The van der Waals surface area contributed by atoms with Gasteiger partial charge in [-0.3, -0.25) is 0 Å². The number of benzene rings is 2. The van der Waals surface area contributed by atoms with E-state index < -0.39 is 0 Å². The average molecular weight is 274 g/mol. The number of allylic oxidation sites excluding steroid dienone is 3. The zero-order chi connectivity index (χ0) is 15.2. The van der Waals surface area contributed by atoms with Crippen molar-refractivity contribution in [1.29, 1.82) is 0 Å². The highest BCUT2D eigenvalue weighted by atomic mass is 14.1. The standard InChI is InChI=1S/C21H22/c1-5-11-17-16(8-4)20-14-9-10-15-21(20)19(13-7-3)18(17)12-6-2/h5-15H,1H2,2-4H3/b12-6-,13-7-,16-8+,17-11+. The molecule has 106 valence electrons. The fourth-order valence-corrected chi connectivity index (χ4v) is 2.83. The summed E-state index contributed by atoms with van der Waals surface area (Å²) < 4.78 is 0. The number of hydrogen-bond donors (Lipinski definition) is 0. The van der Waals surface area contributed by atoms with Crippen LogP contribution in [0.15, 0.2) is 49.1 Å². The summed E-state index contributed by atoms with van der Waals surface area (Å²) in [6.45, 7) is 10.1. The first-order valence-corrected chi connectivity index (χ1v) is 7.37. The molecule has 0 N–H and O–H groups in total. The summed E-state index contributed by atoms with van der Waals surface area (Å²) in [5, 5.41) is 5.08. The van der Waals surface area contributed by atoms with Crippen molar-refractivity contribution in [3.05, 3.63) is 70.6 Å². The molecule has 0 aromatic heterocycles. The largest absolute Gasteiger partial charge is 0.0990 e. The smallest absolute Gasteiger partial charge is 0.00992 e. The van der Waals surface area contributed by atoms with E-state index in [1.807, 2.05) is 6.08 Å². The summed E-state index contributed by atoms with van der Waals surface area (Å²) >= 11 is 0. The van der Waals surface area contributed by atoms with E-state index >= 15 is 0 Å². The van der Waals surface area contributed by atoms with Gasteiger partial charge in [-0.05, 0) is 53.1 Å². The Kier molecular flexibility index (Phi) is 4.94. The van der Waals surface area contributed by atoms with E-state index in [0.717, 1.165) is 0 Å². The van der Waals surface area contributed by atoms with Crippen LogP contribution < -0.4 is 10.4 Å². The monoisotopic (exact) mass is 274 g/mol. The minimum absolute atomic E-state index is 1.23. The Hall–Kier alpha value is -2.34. The predicted molar refractivity (Wildman–Crippen MR) is 97.4 cm³/mol. The normalized spacial score (nSPS) is 13.9. The zero-order valence-corrected chi connectivity index (χ0v) is 13.1. The van der Waals surface area contributed by atoms with Crippen LogP contribution in [0.1, 0.15) is 31.9 Å². The van der Waals surface area contributed by atoms with E-state index in [-0.39, 0.29) is 0 Å². The molecule has 0 unspecified atom stereocenters. The Balaban J connectivity index is 3.22. The molecular formula is C21H22. The van der Waals surface area contributed by atoms with E-state index in [4.69, 9.17) is 0 Å². The molecule has 0 bridgehead atoms. The quantitative estimate of drug-likeness (QED) is 0.763. The second kappa shape index (κ2) is 6.90. The average Bonchev–Trinajstić information content (AvgIpc) is 2.51. The lowest BCUT2D eigenvalue weighted by Crippen LogP contribution is -2.29. The van der Waals surface area contributed by atoms with Gasteiger partial charge in [-0.25, -0.2) is 0 Å². The second-order valence-electron chi connectivity index (χ2n) is 4.89. The molecule has 0 aliphatic heterocycles. The Bertz CT molecular complexity index is 830. The maximum Gasteiger partial charge on any atom is -0.00992 e. The zero-order valence-electron chi connectivity index (χ0n) is 13.1. The van der Waals surface area contributed by atoms with Crippen molar-refractivity contribution in [3.63, 3.8) is 0 Å². The number of hydrogen-bond acceptors (Lipinski definition) is 0. The summed E-state index contributed by atoms with van der Waals surface area (Å²) in [6, 6.07) is 8.59. The molecule has 2 aromatic carbocycles.